The third kappa shape index (κ3) is 3.02. The Morgan fingerprint density at radius 2 is 2.19 bits per heavy atom. The molecule has 1 aromatic carbocycles. The first-order valence-electron chi connectivity index (χ1n) is 6.99. The van der Waals surface area contributed by atoms with Gasteiger partial charge in [-0.05, 0) is 42.7 Å². The second-order valence-corrected chi connectivity index (χ2v) is 4.94. The molecular weight excluding hydrogens is 260 g/mol. The number of aliphatic imine (C=N–C) groups is 1. The summed E-state index contributed by atoms with van der Waals surface area (Å²) >= 11 is 0. The van der Waals surface area contributed by atoms with Crippen molar-refractivity contribution in [2.45, 2.75) is 20.3 Å². The maximum Gasteiger partial charge on any atom is 0.251 e. The number of hydrogen-bond donors (Lipinski definition) is 1. The lowest BCUT2D eigenvalue weighted by atomic mass is 9.97. The zero-order valence-electron chi connectivity index (χ0n) is 12.7. The minimum atomic E-state index is -0.0968. The van der Waals surface area contributed by atoms with Crippen LogP contribution in [0.25, 0.3) is 0 Å². The van der Waals surface area contributed by atoms with Gasteiger partial charge in [-0.1, -0.05) is 30.9 Å². The van der Waals surface area contributed by atoms with E-state index < -0.39 is 0 Å². The summed E-state index contributed by atoms with van der Waals surface area (Å²) in [7, 11) is 1.63. The third-order valence-electron chi connectivity index (χ3n) is 3.55. The Balaban J connectivity index is 2.56. The van der Waals surface area contributed by atoms with Crippen LogP contribution in [0.2, 0.25) is 0 Å². The van der Waals surface area contributed by atoms with Crippen molar-refractivity contribution in [3.05, 3.63) is 65.3 Å². The maximum atomic E-state index is 11.8. The third-order valence-corrected chi connectivity index (χ3v) is 3.55. The van der Waals surface area contributed by atoms with E-state index in [0.717, 1.165) is 29.0 Å². The highest BCUT2D eigenvalue weighted by Gasteiger charge is 2.15. The lowest BCUT2D eigenvalue weighted by Gasteiger charge is -2.07. The van der Waals surface area contributed by atoms with Gasteiger partial charge < -0.3 is 5.32 Å². The number of nitrogens with zero attached hydrogens (tertiary/aromatic N) is 1. The molecule has 0 aromatic heterocycles. The molecule has 1 aliphatic heterocycles. The molecule has 0 saturated heterocycles. The molecule has 0 bridgehead atoms. The van der Waals surface area contributed by atoms with Crippen molar-refractivity contribution >= 4 is 17.3 Å². The summed E-state index contributed by atoms with van der Waals surface area (Å²) in [4.78, 5) is 16.4. The van der Waals surface area contributed by atoms with Gasteiger partial charge in [0.25, 0.3) is 5.91 Å². The largest absolute Gasteiger partial charge is 0.355 e. The van der Waals surface area contributed by atoms with Gasteiger partial charge in [0.15, 0.2) is 0 Å². The van der Waals surface area contributed by atoms with Crippen LogP contribution in [0.4, 0.5) is 5.69 Å². The van der Waals surface area contributed by atoms with Crippen molar-refractivity contribution in [2.75, 3.05) is 7.05 Å². The normalized spacial score (nSPS) is 14.5. The quantitative estimate of drug-likeness (QED) is 0.900. The van der Waals surface area contributed by atoms with Gasteiger partial charge >= 0.3 is 0 Å². The number of allylic oxidation sites excluding steroid dienone is 5. The van der Waals surface area contributed by atoms with Crippen LogP contribution >= 0.6 is 0 Å². The minimum Gasteiger partial charge on any atom is -0.355 e. The summed E-state index contributed by atoms with van der Waals surface area (Å²) in [6.45, 7) is 7.87. The molecule has 0 aliphatic carbocycles. The monoisotopic (exact) mass is 280 g/mol. The Morgan fingerprint density at radius 1 is 1.43 bits per heavy atom. The molecule has 21 heavy (non-hydrogen) atoms. The molecule has 3 heteroatoms. The summed E-state index contributed by atoms with van der Waals surface area (Å²) in [5.74, 6) is -0.0968. The number of carbonyl (C=O) groups excluding carboxylic acids is 1. The molecule has 0 spiro atoms. The van der Waals surface area contributed by atoms with E-state index in [1.54, 1.807) is 7.05 Å². The van der Waals surface area contributed by atoms with E-state index in [-0.39, 0.29) is 5.91 Å². The average Bonchev–Trinajstić information content (AvgIpc) is 2.61. The topological polar surface area (TPSA) is 41.5 Å². The van der Waals surface area contributed by atoms with Gasteiger partial charge in [0.1, 0.15) is 0 Å². The van der Waals surface area contributed by atoms with Gasteiger partial charge in [-0.15, -0.1) is 0 Å². The van der Waals surface area contributed by atoms with E-state index >= 15 is 0 Å². The Hall–Kier alpha value is -2.42. The number of nitrogens with one attached hydrogen (secondary N) is 1. The molecule has 1 amide bonds. The summed E-state index contributed by atoms with van der Waals surface area (Å²) < 4.78 is 0. The molecule has 1 heterocycles. The molecule has 1 N–H and O–H groups in total. The summed E-state index contributed by atoms with van der Waals surface area (Å²) in [6, 6.07) is 5.66. The lowest BCUT2D eigenvalue weighted by molar-refractivity contribution is 0.0963. The van der Waals surface area contributed by atoms with Crippen molar-refractivity contribution in [2.24, 2.45) is 4.99 Å². The average molecular weight is 280 g/mol. The molecule has 0 radical (unpaired) electrons. The van der Waals surface area contributed by atoms with E-state index in [9.17, 15) is 4.79 Å². The van der Waals surface area contributed by atoms with Crippen LogP contribution in [0, 0.1) is 0 Å². The van der Waals surface area contributed by atoms with Gasteiger partial charge in [-0.3, -0.25) is 9.79 Å². The second-order valence-electron chi connectivity index (χ2n) is 4.94. The van der Waals surface area contributed by atoms with Gasteiger partial charge in [0.2, 0.25) is 0 Å². The van der Waals surface area contributed by atoms with E-state index in [1.807, 2.05) is 44.2 Å². The van der Waals surface area contributed by atoms with E-state index in [2.05, 4.69) is 23.0 Å². The van der Waals surface area contributed by atoms with Gasteiger partial charge in [-0.2, -0.15) is 0 Å². The van der Waals surface area contributed by atoms with Crippen LogP contribution in [-0.2, 0) is 6.42 Å². The van der Waals surface area contributed by atoms with E-state index in [4.69, 9.17) is 0 Å². The predicted octanol–water partition coefficient (Wildman–Crippen LogP) is 3.75. The lowest BCUT2D eigenvalue weighted by Crippen LogP contribution is -2.17. The molecule has 0 atom stereocenters. The summed E-state index contributed by atoms with van der Waals surface area (Å²) in [5.41, 5.74) is 5.78. The van der Waals surface area contributed by atoms with E-state index in [0.29, 0.717) is 5.56 Å². The Bertz CT molecular complexity index is 678. The first-order valence-corrected chi connectivity index (χ1v) is 6.99. The summed E-state index contributed by atoms with van der Waals surface area (Å²) in [5, 5.41) is 2.64. The Labute approximate surface area is 125 Å². The molecule has 3 nitrogen and oxygen atoms in total. The standard InChI is InChI=1S/C18H20N2O/c1-5-7-13-10-14-8-9-15(18(21)19-4)11-17(14)20-12(3)16(13)6-2/h5-9,11H,2,10H2,1,3-4H3,(H,19,21)/b7-5-. The number of hydrogen-bond acceptors (Lipinski definition) is 2. The van der Waals surface area contributed by atoms with Crippen LogP contribution in [0.15, 0.2) is 59.1 Å². The molecule has 0 saturated carbocycles. The number of carbonyl (C=O) groups is 1. The van der Waals surface area contributed by atoms with Gasteiger partial charge in [0.05, 0.1) is 5.69 Å². The SMILES string of the molecule is C=CC1=C(/C=C\C)Cc2ccc(C(=O)NC)cc2N=C1C. The predicted molar refractivity (Wildman–Crippen MR) is 88.3 cm³/mol. The molecule has 0 unspecified atom stereocenters. The zero-order valence-corrected chi connectivity index (χ0v) is 12.7. The number of fused-ring (bicyclic) bond motifs is 1. The highest BCUT2D eigenvalue weighted by atomic mass is 16.1. The maximum absolute atomic E-state index is 11.8. The molecule has 1 aliphatic rings. The Kier molecular flexibility index (Phi) is 4.53. The van der Waals surface area contributed by atoms with Crippen molar-refractivity contribution in [1.29, 1.82) is 0 Å². The number of rotatable bonds is 3. The second kappa shape index (κ2) is 6.35. The van der Waals surface area contributed by atoms with Crippen molar-refractivity contribution in [3.63, 3.8) is 0 Å². The fourth-order valence-corrected chi connectivity index (χ4v) is 2.51. The molecular formula is C18H20N2O. The van der Waals surface area contributed by atoms with E-state index in [1.165, 1.54) is 5.57 Å². The molecule has 0 fully saturated rings. The van der Waals surface area contributed by atoms with Crippen molar-refractivity contribution < 1.29 is 4.79 Å². The first-order chi connectivity index (χ1) is 10.1. The fraction of sp³-hybridized carbons (Fsp3) is 0.222. The number of amides is 1. The van der Waals surface area contributed by atoms with Crippen LogP contribution in [0.1, 0.15) is 29.8 Å². The fourth-order valence-electron chi connectivity index (χ4n) is 2.51. The zero-order chi connectivity index (χ0) is 15.4. The van der Waals surface area contributed by atoms with Gasteiger partial charge in [-0.25, -0.2) is 0 Å². The molecule has 1 aromatic rings. The molecule has 108 valence electrons. The molecule has 2 rings (SSSR count). The minimum absolute atomic E-state index is 0.0968. The van der Waals surface area contributed by atoms with Crippen LogP contribution in [0.3, 0.4) is 0 Å². The number of benzene rings is 1. The first kappa shape index (κ1) is 15.0. The Morgan fingerprint density at radius 3 is 2.81 bits per heavy atom. The van der Waals surface area contributed by atoms with Crippen molar-refractivity contribution in [1.82, 2.24) is 5.32 Å². The van der Waals surface area contributed by atoms with Crippen LogP contribution in [0.5, 0.6) is 0 Å². The highest BCUT2D eigenvalue weighted by molar-refractivity contribution is 6.04. The highest BCUT2D eigenvalue weighted by Crippen LogP contribution is 2.30. The van der Waals surface area contributed by atoms with Gasteiger partial charge in [0, 0.05) is 24.7 Å². The summed E-state index contributed by atoms with van der Waals surface area (Å²) in [6.07, 6.45) is 6.75. The van der Waals surface area contributed by atoms with Crippen LogP contribution < -0.4 is 5.32 Å². The van der Waals surface area contributed by atoms with Crippen LogP contribution in [-0.4, -0.2) is 18.7 Å². The van der Waals surface area contributed by atoms with Crippen molar-refractivity contribution in [3.8, 4) is 0 Å². The smallest absolute Gasteiger partial charge is 0.251 e.